The van der Waals surface area contributed by atoms with Crippen molar-refractivity contribution < 1.29 is 4.74 Å². The zero-order valence-electron chi connectivity index (χ0n) is 9.70. The lowest BCUT2D eigenvalue weighted by Gasteiger charge is -2.13. The van der Waals surface area contributed by atoms with E-state index in [4.69, 9.17) is 17.0 Å². The number of nitrogens with zero attached hydrogens (tertiary/aromatic N) is 1. The topological polar surface area (TPSA) is 37.9 Å². The highest BCUT2D eigenvalue weighted by atomic mass is 32.1. The molecule has 0 aromatic carbocycles. The molecular weight excluding hydrogens is 208 g/mol. The Labute approximate surface area is 95.9 Å². The molecule has 0 radical (unpaired) electrons. The molecule has 1 aromatic rings. The van der Waals surface area contributed by atoms with E-state index < -0.39 is 0 Å². The lowest BCUT2D eigenvalue weighted by Crippen LogP contribution is -2.07. The van der Waals surface area contributed by atoms with Crippen molar-refractivity contribution >= 4 is 12.2 Å². The highest BCUT2D eigenvalue weighted by Gasteiger charge is 2.09. The molecule has 0 spiro atoms. The van der Waals surface area contributed by atoms with E-state index in [0.29, 0.717) is 17.2 Å². The first kappa shape index (κ1) is 12.3. The van der Waals surface area contributed by atoms with E-state index in [1.54, 1.807) is 0 Å². The fourth-order valence-electron chi connectivity index (χ4n) is 1.33. The average Bonchev–Trinajstić information content (AvgIpc) is 2.17. The average molecular weight is 226 g/mol. The predicted molar refractivity (Wildman–Crippen MR) is 63.6 cm³/mol. The normalized spacial score (nSPS) is 13.1. The van der Waals surface area contributed by atoms with Gasteiger partial charge in [0.2, 0.25) is 0 Å². The van der Waals surface area contributed by atoms with Crippen molar-refractivity contribution in [1.82, 2.24) is 9.97 Å². The van der Waals surface area contributed by atoms with Crippen LogP contribution in [0.4, 0.5) is 0 Å². The Balaban J connectivity index is 3.03. The highest BCUT2D eigenvalue weighted by Crippen LogP contribution is 2.16. The number of rotatable bonds is 4. The summed E-state index contributed by atoms with van der Waals surface area (Å²) < 4.78 is 6.10. The monoisotopic (exact) mass is 226 g/mol. The van der Waals surface area contributed by atoms with Crippen molar-refractivity contribution in [2.75, 3.05) is 6.61 Å². The standard InChI is InChI=1S/C11H18N2OS/c1-5-14-8(4)11-12-9(7(2)3)6-10(15)13-11/h6-8H,5H2,1-4H3,(H,12,13,15). The largest absolute Gasteiger partial charge is 0.371 e. The van der Waals surface area contributed by atoms with Gasteiger partial charge >= 0.3 is 0 Å². The summed E-state index contributed by atoms with van der Waals surface area (Å²) in [5.41, 5.74) is 1.11. The predicted octanol–water partition coefficient (Wildman–Crippen LogP) is 3.36. The third-order valence-electron chi connectivity index (χ3n) is 2.21. The van der Waals surface area contributed by atoms with Crippen molar-refractivity contribution in [3.05, 3.63) is 22.2 Å². The van der Waals surface area contributed by atoms with Gasteiger partial charge in [0.1, 0.15) is 16.6 Å². The molecule has 1 atom stereocenters. The van der Waals surface area contributed by atoms with Crippen LogP contribution in [0.3, 0.4) is 0 Å². The smallest absolute Gasteiger partial charge is 0.136 e. The molecule has 0 amide bonds. The van der Waals surface area contributed by atoms with Gasteiger partial charge in [-0.05, 0) is 25.8 Å². The second-order valence-corrected chi connectivity index (χ2v) is 4.23. The zero-order chi connectivity index (χ0) is 11.4. The van der Waals surface area contributed by atoms with Crippen LogP contribution in [0.25, 0.3) is 0 Å². The maximum absolute atomic E-state index is 5.48. The Morgan fingerprint density at radius 1 is 1.47 bits per heavy atom. The molecule has 0 fully saturated rings. The van der Waals surface area contributed by atoms with Gasteiger partial charge in [-0.15, -0.1) is 0 Å². The molecule has 1 aromatic heterocycles. The summed E-state index contributed by atoms with van der Waals surface area (Å²) in [6, 6.07) is 1.90. The minimum absolute atomic E-state index is 0.0320. The number of aromatic amines is 1. The van der Waals surface area contributed by atoms with E-state index in [0.717, 1.165) is 11.5 Å². The summed E-state index contributed by atoms with van der Waals surface area (Å²) in [6.07, 6.45) is -0.0320. The summed E-state index contributed by atoms with van der Waals surface area (Å²) in [4.78, 5) is 7.54. The van der Waals surface area contributed by atoms with Gasteiger partial charge in [0, 0.05) is 12.3 Å². The summed E-state index contributed by atoms with van der Waals surface area (Å²) >= 11 is 5.12. The number of hydrogen-bond acceptors (Lipinski definition) is 3. The molecule has 3 nitrogen and oxygen atoms in total. The molecule has 4 heteroatoms. The molecule has 0 saturated heterocycles. The van der Waals surface area contributed by atoms with Crippen molar-refractivity contribution in [1.29, 1.82) is 0 Å². The minimum atomic E-state index is -0.0320. The Morgan fingerprint density at radius 3 is 2.67 bits per heavy atom. The SMILES string of the molecule is CCOC(C)c1nc(=S)cc(C(C)C)[nH]1. The second kappa shape index (κ2) is 5.37. The maximum atomic E-state index is 5.48. The van der Waals surface area contributed by atoms with Gasteiger partial charge in [0.15, 0.2) is 0 Å². The number of hydrogen-bond donors (Lipinski definition) is 1. The van der Waals surface area contributed by atoms with E-state index in [9.17, 15) is 0 Å². The molecule has 1 N–H and O–H groups in total. The lowest BCUT2D eigenvalue weighted by molar-refractivity contribution is 0.0697. The molecule has 84 valence electrons. The molecule has 0 aliphatic carbocycles. The first-order valence-corrected chi connectivity index (χ1v) is 5.68. The molecule has 1 heterocycles. The third-order valence-corrected chi connectivity index (χ3v) is 2.41. The van der Waals surface area contributed by atoms with Crippen LogP contribution in [-0.4, -0.2) is 16.6 Å². The van der Waals surface area contributed by atoms with Crippen LogP contribution in [0.5, 0.6) is 0 Å². The molecular formula is C11H18N2OS. The Kier molecular flexibility index (Phi) is 4.42. The highest BCUT2D eigenvalue weighted by molar-refractivity contribution is 7.71. The van der Waals surface area contributed by atoms with Crippen molar-refractivity contribution in [3.63, 3.8) is 0 Å². The first-order chi connectivity index (χ1) is 7.04. The van der Waals surface area contributed by atoms with Gasteiger partial charge in [-0.3, -0.25) is 0 Å². The van der Waals surface area contributed by atoms with E-state index in [-0.39, 0.29) is 6.10 Å². The van der Waals surface area contributed by atoms with Gasteiger partial charge in [-0.2, -0.15) is 0 Å². The van der Waals surface area contributed by atoms with Crippen LogP contribution >= 0.6 is 12.2 Å². The van der Waals surface area contributed by atoms with Gasteiger partial charge in [0.05, 0.1) is 0 Å². The van der Waals surface area contributed by atoms with E-state index in [1.165, 1.54) is 0 Å². The van der Waals surface area contributed by atoms with Crippen LogP contribution < -0.4 is 0 Å². The first-order valence-electron chi connectivity index (χ1n) is 5.27. The summed E-state index contributed by atoms with van der Waals surface area (Å²) in [5.74, 6) is 1.23. The fraction of sp³-hybridized carbons (Fsp3) is 0.636. The summed E-state index contributed by atoms with van der Waals surface area (Å²) in [5, 5.41) is 0. The number of H-pyrrole nitrogens is 1. The van der Waals surface area contributed by atoms with Crippen LogP contribution in [0.1, 0.15) is 51.2 Å². The molecule has 0 aliphatic rings. The molecule has 1 rings (SSSR count). The second-order valence-electron chi connectivity index (χ2n) is 3.81. The van der Waals surface area contributed by atoms with Crippen LogP contribution in [0, 0.1) is 4.64 Å². The quantitative estimate of drug-likeness (QED) is 0.800. The lowest BCUT2D eigenvalue weighted by atomic mass is 10.1. The van der Waals surface area contributed by atoms with E-state index in [1.807, 2.05) is 19.9 Å². The number of aromatic nitrogens is 2. The van der Waals surface area contributed by atoms with Crippen LogP contribution in [0.2, 0.25) is 0 Å². The third kappa shape index (κ3) is 3.39. The number of nitrogens with one attached hydrogen (secondary N) is 1. The van der Waals surface area contributed by atoms with Crippen molar-refractivity contribution in [2.45, 2.75) is 39.7 Å². The Hall–Kier alpha value is -0.740. The van der Waals surface area contributed by atoms with E-state index in [2.05, 4.69) is 23.8 Å². The Morgan fingerprint density at radius 2 is 2.13 bits per heavy atom. The zero-order valence-corrected chi connectivity index (χ0v) is 10.5. The van der Waals surface area contributed by atoms with Gasteiger partial charge in [-0.25, -0.2) is 4.98 Å². The van der Waals surface area contributed by atoms with Gasteiger partial charge < -0.3 is 9.72 Å². The summed E-state index contributed by atoms with van der Waals surface area (Å²) in [6.45, 7) is 8.86. The van der Waals surface area contributed by atoms with Gasteiger partial charge in [-0.1, -0.05) is 26.1 Å². The van der Waals surface area contributed by atoms with Crippen molar-refractivity contribution in [3.8, 4) is 0 Å². The maximum Gasteiger partial charge on any atom is 0.136 e. The fourth-order valence-corrected chi connectivity index (χ4v) is 1.55. The Bertz CT molecular complexity index is 373. The minimum Gasteiger partial charge on any atom is -0.371 e. The number of ether oxygens (including phenoxy) is 1. The molecule has 0 saturated carbocycles. The molecule has 1 unspecified atom stereocenters. The van der Waals surface area contributed by atoms with E-state index >= 15 is 0 Å². The molecule has 0 aliphatic heterocycles. The van der Waals surface area contributed by atoms with Crippen molar-refractivity contribution in [2.24, 2.45) is 0 Å². The van der Waals surface area contributed by atoms with Gasteiger partial charge in [0.25, 0.3) is 0 Å². The van der Waals surface area contributed by atoms with Crippen LogP contribution in [0.15, 0.2) is 6.07 Å². The summed E-state index contributed by atoms with van der Waals surface area (Å²) in [7, 11) is 0. The molecule has 0 bridgehead atoms. The van der Waals surface area contributed by atoms with Crippen LogP contribution in [-0.2, 0) is 4.74 Å². The molecule has 15 heavy (non-hydrogen) atoms.